The third-order valence-electron chi connectivity index (χ3n) is 7.24. The van der Waals surface area contributed by atoms with E-state index < -0.39 is 36.3 Å². The van der Waals surface area contributed by atoms with Crippen LogP contribution in [0.15, 0.2) is 47.4 Å². The number of benzene rings is 2. The predicted octanol–water partition coefficient (Wildman–Crippen LogP) is 5.84. The summed E-state index contributed by atoms with van der Waals surface area (Å²) in [6.45, 7) is 6.74. The molecule has 1 amide bonds. The number of alkyl halides is 2. The maximum absolute atomic E-state index is 14.0. The van der Waals surface area contributed by atoms with Gasteiger partial charge in [0.05, 0.1) is 16.5 Å². The molecule has 2 aromatic heterocycles. The van der Waals surface area contributed by atoms with Crippen LogP contribution >= 0.6 is 0 Å². The molecule has 5 rings (SSSR count). The topological polar surface area (TPSA) is 96.3 Å². The van der Waals surface area contributed by atoms with E-state index in [9.17, 15) is 27.9 Å². The Bertz CT molecular complexity index is 1680. The van der Waals surface area contributed by atoms with E-state index in [0.29, 0.717) is 44.8 Å². The number of carbonyl (C=O) groups is 1. The van der Waals surface area contributed by atoms with Gasteiger partial charge in [0.15, 0.2) is 0 Å². The summed E-state index contributed by atoms with van der Waals surface area (Å²) in [7, 11) is 1.57. The Morgan fingerprint density at radius 1 is 1.12 bits per heavy atom. The SMILES string of the molecule is Cc1cc(F)cc(C)c1Oc1ccc(C(C)(C)O)cc1-c1cn(C)c(=O)c2cc(C(=O)NC3CC(F)(F)C3)[nH]c12. The minimum Gasteiger partial charge on any atom is -0.456 e. The molecule has 210 valence electrons. The second-order valence-corrected chi connectivity index (χ2v) is 11.1. The Balaban J connectivity index is 1.65. The highest BCUT2D eigenvalue weighted by Crippen LogP contribution is 2.41. The number of hydrogen-bond donors (Lipinski definition) is 3. The van der Waals surface area contributed by atoms with Gasteiger partial charge in [-0.1, -0.05) is 6.07 Å². The first-order valence-corrected chi connectivity index (χ1v) is 12.9. The van der Waals surface area contributed by atoms with E-state index in [0.717, 1.165) is 0 Å². The summed E-state index contributed by atoms with van der Waals surface area (Å²) in [5.74, 6) is -2.93. The van der Waals surface area contributed by atoms with Gasteiger partial charge in [-0.3, -0.25) is 9.59 Å². The zero-order valence-corrected chi connectivity index (χ0v) is 22.8. The zero-order valence-electron chi connectivity index (χ0n) is 22.8. The molecule has 0 bridgehead atoms. The number of fused-ring (bicyclic) bond motifs is 1. The van der Waals surface area contributed by atoms with Gasteiger partial charge >= 0.3 is 0 Å². The third kappa shape index (κ3) is 5.11. The van der Waals surface area contributed by atoms with Gasteiger partial charge in [0.1, 0.15) is 23.0 Å². The van der Waals surface area contributed by atoms with Crippen LogP contribution in [0.5, 0.6) is 11.5 Å². The number of hydrogen-bond acceptors (Lipinski definition) is 4. The molecule has 40 heavy (non-hydrogen) atoms. The van der Waals surface area contributed by atoms with Crippen molar-refractivity contribution in [3.63, 3.8) is 0 Å². The Labute approximate surface area is 228 Å². The number of aryl methyl sites for hydroxylation is 3. The van der Waals surface area contributed by atoms with Crippen molar-refractivity contribution in [1.29, 1.82) is 0 Å². The summed E-state index contributed by atoms with van der Waals surface area (Å²) < 4.78 is 48.2. The monoisotopic (exact) mass is 553 g/mol. The number of nitrogens with one attached hydrogen (secondary N) is 2. The van der Waals surface area contributed by atoms with Crippen molar-refractivity contribution in [2.75, 3.05) is 0 Å². The number of aliphatic hydroxyl groups is 1. The lowest BCUT2D eigenvalue weighted by molar-refractivity contribution is -0.0901. The van der Waals surface area contributed by atoms with Crippen LogP contribution in [0, 0.1) is 19.7 Å². The van der Waals surface area contributed by atoms with Gasteiger partial charge in [0.2, 0.25) is 0 Å². The van der Waals surface area contributed by atoms with E-state index in [1.807, 2.05) is 0 Å². The molecule has 0 saturated heterocycles. The highest BCUT2D eigenvalue weighted by molar-refractivity contribution is 6.02. The summed E-state index contributed by atoms with van der Waals surface area (Å²) in [4.78, 5) is 28.9. The van der Waals surface area contributed by atoms with E-state index in [-0.39, 0.29) is 22.5 Å². The van der Waals surface area contributed by atoms with Crippen LogP contribution in [0.1, 0.15) is 53.9 Å². The van der Waals surface area contributed by atoms with Crippen molar-refractivity contribution >= 4 is 16.8 Å². The van der Waals surface area contributed by atoms with Crippen LogP contribution in [-0.2, 0) is 12.6 Å². The molecule has 0 unspecified atom stereocenters. The maximum atomic E-state index is 14.0. The molecule has 7 nitrogen and oxygen atoms in total. The number of H-pyrrole nitrogens is 1. The van der Waals surface area contributed by atoms with Gasteiger partial charge in [-0.2, -0.15) is 0 Å². The van der Waals surface area contributed by atoms with Crippen molar-refractivity contribution in [3.8, 4) is 22.6 Å². The smallest absolute Gasteiger partial charge is 0.267 e. The van der Waals surface area contributed by atoms with Crippen LogP contribution < -0.4 is 15.6 Å². The fourth-order valence-corrected chi connectivity index (χ4v) is 5.07. The zero-order chi connectivity index (χ0) is 29.1. The number of aromatic amines is 1. The van der Waals surface area contributed by atoms with Crippen molar-refractivity contribution in [3.05, 3.63) is 81.2 Å². The molecular weight excluding hydrogens is 523 g/mol. The van der Waals surface area contributed by atoms with E-state index in [2.05, 4.69) is 10.3 Å². The summed E-state index contributed by atoms with van der Waals surface area (Å²) in [5.41, 5.74) is 1.58. The number of pyridine rings is 1. The van der Waals surface area contributed by atoms with E-state index in [4.69, 9.17) is 4.74 Å². The van der Waals surface area contributed by atoms with Gasteiger partial charge < -0.3 is 24.7 Å². The molecule has 10 heteroatoms. The van der Waals surface area contributed by atoms with Crippen LogP contribution in [0.2, 0.25) is 0 Å². The summed E-state index contributed by atoms with van der Waals surface area (Å²) >= 11 is 0. The summed E-state index contributed by atoms with van der Waals surface area (Å²) in [6, 6.07) is 8.63. The van der Waals surface area contributed by atoms with E-state index in [1.165, 1.54) is 22.8 Å². The molecule has 0 spiro atoms. The Hall–Kier alpha value is -4.05. The number of amides is 1. The molecule has 3 N–H and O–H groups in total. The summed E-state index contributed by atoms with van der Waals surface area (Å²) in [6.07, 6.45) is 0.730. The number of aromatic nitrogens is 2. The second kappa shape index (κ2) is 9.55. The van der Waals surface area contributed by atoms with Crippen molar-refractivity contribution < 1.29 is 27.8 Å². The number of carbonyl (C=O) groups excluding carboxylic acids is 1. The van der Waals surface area contributed by atoms with Crippen LogP contribution in [0.3, 0.4) is 0 Å². The van der Waals surface area contributed by atoms with Gasteiger partial charge in [-0.25, -0.2) is 13.2 Å². The molecule has 0 aliphatic heterocycles. The Morgan fingerprint density at radius 3 is 2.38 bits per heavy atom. The molecule has 1 saturated carbocycles. The highest BCUT2D eigenvalue weighted by atomic mass is 19.3. The second-order valence-electron chi connectivity index (χ2n) is 11.1. The first-order chi connectivity index (χ1) is 18.6. The maximum Gasteiger partial charge on any atom is 0.267 e. The lowest BCUT2D eigenvalue weighted by Crippen LogP contribution is -2.50. The minimum atomic E-state index is -2.79. The molecular formula is C30H30F3N3O4. The molecule has 1 aliphatic carbocycles. The number of ether oxygens (including phenoxy) is 1. The molecule has 1 aliphatic rings. The lowest BCUT2D eigenvalue weighted by atomic mass is 9.88. The molecule has 0 atom stereocenters. The average Bonchev–Trinajstić information content (AvgIpc) is 3.28. The lowest BCUT2D eigenvalue weighted by Gasteiger charge is -2.35. The Kier molecular flexibility index (Phi) is 6.57. The van der Waals surface area contributed by atoms with E-state index in [1.54, 1.807) is 59.1 Å². The number of nitrogens with zero attached hydrogens (tertiary/aromatic N) is 1. The molecule has 2 aromatic carbocycles. The van der Waals surface area contributed by atoms with Crippen LogP contribution in [-0.4, -0.2) is 32.5 Å². The van der Waals surface area contributed by atoms with Crippen LogP contribution in [0.4, 0.5) is 13.2 Å². The van der Waals surface area contributed by atoms with Gasteiger partial charge in [0, 0.05) is 43.3 Å². The molecule has 4 aromatic rings. The quantitative estimate of drug-likeness (QED) is 0.280. The summed E-state index contributed by atoms with van der Waals surface area (Å²) in [5, 5.41) is 13.6. The molecule has 1 fully saturated rings. The minimum absolute atomic E-state index is 0.0566. The largest absolute Gasteiger partial charge is 0.456 e. The van der Waals surface area contributed by atoms with Gasteiger partial charge in [-0.15, -0.1) is 0 Å². The van der Waals surface area contributed by atoms with Gasteiger partial charge in [-0.05, 0) is 74.7 Å². The fourth-order valence-electron chi connectivity index (χ4n) is 5.07. The average molecular weight is 554 g/mol. The standard InChI is InChI=1S/C30H30F3N3O4/c1-15-8-18(31)9-16(2)26(15)40-24-7-6-17(29(3,4)39)10-20(24)22-14-36(5)28(38)21-11-23(35-25(21)22)27(37)34-19-12-30(32,33)13-19/h6-11,14,19,35,39H,12-13H2,1-5H3,(H,34,37). The van der Waals surface area contributed by atoms with Crippen molar-refractivity contribution in [1.82, 2.24) is 14.9 Å². The first-order valence-electron chi connectivity index (χ1n) is 12.9. The number of halogens is 3. The van der Waals surface area contributed by atoms with Crippen molar-refractivity contribution in [2.24, 2.45) is 7.05 Å². The third-order valence-corrected chi connectivity index (χ3v) is 7.24. The van der Waals surface area contributed by atoms with Crippen molar-refractivity contribution in [2.45, 2.75) is 58.1 Å². The fraction of sp³-hybridized carbons (Fsp3) is 0.333. The van der Waals surface area contributed by atoms with Crippen LogP contribution in [0.25, 0.3) is 22.0 Å². The van der Waals surface area contributed by atoms with Gasteiger partial charge in [0.25, 0.3) is 17.4 Å². The first kappa shape index (κ1) is 27.5. The highest BCUT2D eigenvalue weighted by Gasteiger charge is 2.46. The normalized spacial score (nSPS) is 15.2. The Morgan fingerprint density at radius 2 is 1.77 bits per heavy atom. The molecule has 0 radical (unpaired) electrons. The number of rotatable bonds is 6. The molecule has 2 heterocycles. The van der Waals surface area contributed by atoms with E-state index >= 15 is 0 Å². The predicted molar refractivity (Wildman–Crippen MR) is 146 cm³/mol.